The third kappa shape index (κ3) is 3.82. The third-order valence-corrected chi connectivity index (χ3v) is 3.25. The number of benzene rings is 2. The van der Waals surface area contributed by atoms with E-state index in [4.69, 9.17) is 11.6 Å². The molecular weight excluding hydrogens is 344 g/mol. The van der Waals surface area contributed by atoms with Crippen LogP contribution in [0.15, 0.2) is 52.0 Å². The highest BCUT2D eigenvalue weighted by Crippen LogP contribution is 2.20. The van der Waals surface area contributed by atoms with Gasteiger partial charge in [-0.1, -0.05) is 39.7 Å². The predicted octanol–water partition coefficient (Wildman–Crippen LogP) is 3.57. The van der Waals surface area contributed by atoms with Crippen molar-refractivity contribution in [2.24, 2.45) is 5.10 Å². The first kappa shape index (κ1) is 14.6. The van der Waals surface area contributed by atoms with Gasteiger partial charge in [0.15, 0.2) is 0 Å². The number of hydrazone groups is 1. The molecule has 20 heavy (non-hydrogen) atoms. The second-order valence-corrected chi connectivity index (χ2v) is 5.24. The van der Waals surface area contributed by atoms with Crippen LogP contribution in [0.1, 0.15) is 15.9 Å². The molecule has 2 aromatic carbocycles. The Bertz CT molecular complexity index is 674. The van der Waals surface area contributed by atoms with Gasteiger partial charge in [-0.15, -0.1) is 0 Å². The Hall–Kier alpha value is -1.85. The number of aromatic hydroxyl groups is 1. The van der Waals surface area contributed by atoms with E-state index in [9.17, 15) is 9.90 Å². The second kappa shape index (κ2) is 6.54. The van der Waals surface area contributed by atoms with Crippen LogP contribution in [0.3, 0.4) is 0 Å². The first-order valence-corrected chi connectivity index (χ1v) is 6.81. The number of phenols is 1. The fourth-order valence-electron chi connectivity index (χ4n) is 1.50. The van der Waals surface area contributed by atoms with Crippen LogP contribution in [0.25, 0.3) is 0 Å². The van der Waals surface area contributed by atoms with Gasteiger partial charge in [0.1, 0.15) is 5.75 Å². The topological polar surface area (TPSA) is 61.7 Å². The number of halogens is 2. The minimum Gasteiger partial charge on any atom is -0.508 e. The predicted molar refractivity (Wildman–Crippen MR) is 82.3 cm³/mol. The maximum absolute atomic E-state index is 11.9. The molecule has 2 N–H and O–H groups in total. The first-order valence-electron chi connectivity index (χ1n) is 5.64. The summed E-state index contributed by atoms with van der Waals surface area (Å²) in [6, 6.07) is 11.5. The van der Waals surface area contributed by atoms with E-state index in [1.807, 2.05) is 0 Å². The number of amides is 1. The van der Waals surface area contributed by atoms with Crippen molar-refractivity contribution < 1.29 is 9.90 Å². The molecule has 1 amide bonds. The van der Waals surface area contributed by atoms with Crippen LogP contribution < -0.4 is 5.43 Å². The normalized spacial score (nSPS) is 10.7. The van der Waals surface area contributed by atoms with Gasteiger partial charge in [0, 0.05) is 4.47 Å². The van der Waals surface area contributed by atoms with E-state index < -0.39 is 5.91 Å². The van der Waals surface area contributed by atoms with Gasteiger partial charge in [0.05, 0.1) is 16.8 Å². The summed E-state index contributed by atoms with van der Waals surface area (Å²) in [5, 5.41) is 13.5. The molecule has 2 rings (SSSR count). The van der Waals surface area contributed by atoms with E-state index in [2.05, 4.69) is 26.5 Å². The summed E-state index contributed by atoms with van der Waals surface area (Å²) in [6.07, 6.45) is 1.43. The largest absolute Gasteiger partial charge is 0.508 e. The molecule has 0 fully saturated rings. The Morgan fingerprint density at radius 2 is 2.10 bits per heavy atom. The van der Waals surface area contributed by atoms with Crippen molar-refractivity contribution in [2.45, 2.75) is 0 Å². The summed E-state index contributed by atoms with van der Waals surface area (Å²) in [7, 11) is 0. The fourth-order valence-corrected chi connectivity index (χ4v) is 2.07. The molecule has 2 aromatic rings. The quantitative estimate of drug-likeness (QED) is 0.654. The lowest BCUT2D eigenvalue weighted by molar-refractivity contribution is 0.0955. The molecule has 0 saturated heterocycles. The highest BCUT2D eigenvalue weighted by atomic mass is 79.9. The number of phenolic OH excluding ortho intramolecular Hbond substituents is 1. The molecular formula is C14H10BrClN2O2. The van der Waals surface area contributed by atoms with Crippen molar-refractivity contribution in [3.05, 3.63) is 63.1 Å². The Morgan fingerprint density at radius 1 is 1.30 bits per heavy atom. The lowest BCUT2D eigenvalue weighted by Gasteiger charge is -2.03. The SMILES string of the molecule is O=C(N/N=C/c1cccc(O)c1)c1cc(Br)ccc1Cl. The van der Waals surface area contributed by atoms with Crippen LogP contribution in [0.4, 0.5) is 0 Å². The summed E-state index contributed by atoms with van der Waals surface area (Å²) < 4.78 is 0.754. The van der Waals surface area contributed by atoms with Gasteiger partial charge in [-0.2, -0.15) is 5.10 Å². The maximum Gasteiger partial charge on any atom is 0.272 e. The minimum absolute atomic E-state index is 0.135. The summed E-state index contributed by atoms with van der Waals surface area (Å²) in [6.45, 7) is 0. The van der Waals surface area contributed by atoms with Crippen molar-refractivity contribution in [1.29, 1.82) is 0 Å². The number of nitrogens with one attached hydrogen (secondary N) is 1. The first-order chi connectivity index (χ1) is 9.56. The highest BCUT2D eigenvalue weighted by molar-refractivity contribution is 9.10. The van der Waals surface area contributed by atoms with Crippen molar-refractivity contribution in [1.82, 2.24) is 5.43 Å². The van der Waals surface area contributed by atoms with E-state index in [0.717, 1.165) is 4.47 Å². The monoisotopic (exact) mass is 352 g/mol. The van der Waals surface area contributed by atoms with Crippen molar-refractivity contribution >= 4 is 39.7 Å². The molecule has 0 radical (unpaired) electrons. The summed E-state index contributed by atoms with van der Waals surface area (Å²) in [4.78, 5) is 11.9. The highest BCUT2D eigenvalue weighted by Gasteiger charge is 2.09. The number of carbonyl (C=O) groups is 1. The van der Waals surface area contributed by atoms with Crippen molar-refractivity contribution in [2.75, 3.05) is 0 Å². The molecule has 0 unspecified atom stereocenters. The Labute approximate surface area is 129 Å². The zero-order valence-corrected chi connectivity index (χ0v) is 12.5. The van der Waals surface area contributed by atoms with Gasteiger partial charge in [-0.3, -0.25) is 4.79 Å². The van der Waals surface area contributed by atoms with Crippen LogP contribution in [0, 0.1) is 0 Å². The van der Waals surface area contributed by atoms with E-state index in [1.165, 1.54) is 12.3 Å². The van der Waals surface area contributed by atoms with Crippen LogP contribution in [-0.2, 0) is 0 Å². The molecule has 0 aromatic heterocycles. The van der Waals surface area contributed by atoms with Crippen LogP contribution in [0.2, 0.25) is 5.02 Å². The van der Waals surface area contributed by atoms with Crippen LogP contribution in [0.5, 0.6) is 5.75 Å². The van der Waals surface area contributed by atoms with E-state index in [1.54, 1.807) is 36.4 Å². The number of carbonyl (C=O) groups excluding carboxylic acids is 1. The Balaban J connectivity index is 2.07. The zero-order chi connectivity index (χ0) is 14.5. The number of hydrogen-bond donors (Lipinski definition) is 2. The molecule has 102 valence electrons. The third-order valence-electron chi connectivity index (χ3n) is 2.42. The van der Waals surface area contributed by atoms with Crippen LogP contribution in [-0.4, -0.2) is 17.2 Å². The maximum atomic E-state index is 11.9. The van der Waals surface area contributed by atoms with Crippen molar-refractivity contribution in [3.8, 4) is 5.75 Å². The molecule has 0 saturated carbocycles. The zero-order valence-electron chi connectivity index (χ0n) is 10.2. The summed E-state index contributed by atoms with van der Waals surface area (Å²) >= 11 is 9.21. The smallest absolute Gasteiger partial charge is 0.272 e. The van der Waals surface area contributed by atoms with Crippen molar-refractivity contribution in [3.63, 3.8) is 0 Å². The lowest BCUT2D eigenvalue weighted by Crippen LogP contribution is -2.18. The van der Waals surface area contributed by atoms with Crippen LogP contribution >= 0.6 is 27.5 Å². The summed E-state index contributed by atoms with van der Waals surface area (Å²) in [5.41, 5.74) is 3.38. The number of rotatable bonds is 3. The second-order valence-electron chi connectivity index (χ2n) is 3.92. The number of nitrogens with zero attached hydrogens (tertiary/aromatic N) is 1. The molecule has 0 bridgehead atoms. The fraction of sp³-hybridized carbons (Fsp3) is 0. The average Bonchev–Trinajstić information content (AvgIpc) is 2.41. The minimum atomic E-state index is -0.410. The molecule has 0 aliphatic heterocycles. The molecule has 4 nitrogen and oxygen atoms in total. The van der Waals surface area contributed by atoms with Gasteiger partial charge in [-0.25, -0.2) is 5.43 Å². The Morgan fingerprint density at radius 3 is 2.85 bits per heavy atom. The molecule has 6 heteroatoms. The van der Waals surface area contributed by atoms with Gasteiger partial charge >= 0.3 is 0 Å². The molecule has 0 heterocycles. The molecule has 0 aliphatic carbocycles. The molecule has 0 atom stereocenters. The lowest BCUT2D eigenvalue weighted by atomic mass is 10.2. The Kier molecular flexibility index (Phi) is 4.76. The molecule has 0 aliphatic rings. The average molecular weight is 354 g/mol. The number of hydrogen-bond acceptors (Lipinski definition) is 3. The molecule has 0 spiro atoms. The van der Waals surface area contributed by atoms with Gasteiger partial charge in [0.2, 0.25) is 0 Å². The van der Waals surface area contributed by atoms with Gasteiger partial charge in [-0.05, 0) is 35.9 Å². The van der Waals surface area contributed by atoms with E-state index >= 15 is 0 Å². The van der Waals surface area contributed by atoms with E-state index in [-0.39, 0.29) is 5.75 Å². The van der Waals surface area contributed by atoms with Gasteiger partial charge in [0.25, 0.3) is 5.91 Å². The van der Waals surface area contributed by atoms with Gasteiger partial charge < -0.3 is 5.11 Å². The van der Waals surface area contributed by atoms with E-state index in [0.29, 0.717) is 16.1 Å². The summed E-state index contributed by atoms with van der Waals surface area (Å²) in [5.74, 6) is -0.275. The standard InChI is InChI=1S/C14H10BrClN2O2/c15-10-4-5-13(16)12(7-10)14(20)18-17-8-9-2-1-3-11(19)6-9/h1-8,19H,(H,18,20)/b17-8+.